The van der Waals surface area contributed by atoms with Crippen LogP contribution in [0.5, 0.6) is 0 Å². The topological polar surface area (TPSA) is 0 Å². The molecule has 1 heteroatoms. The minimum absolute atomic E-state index is 0.263. The fourth-order valence-electron chi connectivity index (χ4n) is 1.55. The Kier molecular flexibility index (Phi) is 3.99. The summed E-state index contributed by atoms with van der Waals surface area (Å²) in [5.74, 6) is 0.613. The van der Waals surface area contributed by atoms with Crippen LogP contribution in [0.1, 0.15) is 56.5 Å². The zero-order valence-corrected chi connectivity index (χ0v) is 11.9. The summed E-state index contributed by atoms with van der Waals surface area (Å²) < 4.78 is 0. The van der Waals surface area contributed by atoms with E-state index in [2.05, 4.69) is 74.8 Å². The monoisotopic (exact) mass is 268 g/mol. The summed E-state index contributed by atoms with van der Waals surface area (Å²) in [6, 6.07) is 8.94. The number of halogens is 1. The van der Waals surface area contributed by atoms with Gasteiger partial charge in [0.2, 0.25) is 0 Å². The maximum atomic E-state index is 3.77. The molecular weight excluding hydrogens is 248 g/mol. The Bertz CT molecular complexity index is 303. The standard InChI is InChI=1S/C14H21Br/c1-10(2)11-6-8-12(9-7-11)13(15)14(3,4)5/h6-10,13H,1-5H3. The molecule has 1 atom stereocenters. The molecule has 0 aliphatic heterocycles. The first-order valence-electron chi connectivity index (χ1n) is 5.56. The molecule has 15 heavy (non-hydrogen) atoms. The summed E-state index contributed by atoms with van der Waals surface area (Å²) in [6.45, 7) is 11.2. The Morgan fingerprint density at radius 3 is 1.67 bits per heavy atom. The van der Waals surface area contributed by atoms with Crippen LogP contribution in [0.25, 0.3) is 0 Å². The van der Waals surface area contributed by atoms with E-state index in [1.807, 2.05) is 0 Å². The Balaban J connectivity index is 2.89. The van der Waals surface area contributed by atoms with Gasteiger partial charge in [-0.1, -0.05) is 74.8 Å². The van der Waals surface area contributed by atoms with Gasteiger partial charge in [-0.15, -0.1) is 0 Å². The second-order valence-corrected chi connectivity index (χ2v) is 6.47. The van der Waals surface area contributed by atoms with Crippen molar-refractivity contribution in [2.75, 3.05) is 0 Å². The molecule has 0 amide bonds. The lowest BCUT2D eigenvalue weighted by atomic mass is 9.87. The van der Waals surface area contributed by atoms with E-state index in [1.165, 1.54) is 11.1 Å². The summed E-state index contributed by atoms with van der Waals surface area (Å²) in [5.41, 5.74) is 3.04. The molecule has 0 saturated carbocycles. The molecule has 0 radical (unpaired) electrons. The number of benzene rings is 1. The van der Waals surface area contributed by atoms with Gasteiger partial charge in [-0.2, -0.15) is 0 Å². The van der Waals surface area contributed by atoms with Gasteiger partial charge in [-0.25, -0.2) is 0 Å². The van der Waals surface area contributed by atoms with E-state index in [4.69, 9.17) is 0 Å². The first kappa shape index (κ1) is 12.8. The second kappa shape index (κ2) is 4.69. The predicted octanol–water partition coefficient (Wildman–Crippen LogP) is 5.29. The maximum Gasteiger partial charge on any atom is 0.0443 e. The largest absolute Gasteiger partial charge is 0.0833 e. The molecular formula is C14H21Br. The van der Waals surface area contributed by atoms with Gasteiger partial charge >= 0.3 is 0 Å². The van der Waals surface area contributed by atoms with Gasteiger partial charge in [-0.05, 0) is 22.5 Å². The molecule has 0 fully saturated rings. The number of rotatable bonds is 2. The highest BCUT2D eigenvalue weighted by Crippen LogP contribution is 2.40. The lowest BCUT2D eigenvalue weighted by molar-refractivity contribution is 0.407. The lowest BCUT2D eigenvalue weighted by Gasteiger charge is -2.26. The van der Waals surface area contributed by atoms with E-state index in [0.29, 0.717) is 10.7 Å². The predicted molar refractivity (Wildman–Crippen MR) is 71.7 cm³/mol. The van der Waals surface area contributed by atoms with Crippen molar-refractivity contribution in [3.05, 3.63) is 35.4 Å². The quantitative estimate of drug-likeness (QED) is 0.640. The maximum absolute atomic E-state index is 3.77. The fraction of sp³-hybridized carbons (Fsp3) is 0.571. The summed E-state index contributed by atoms with van der Waals surface area (Å²) in [6.07, 6.45) is 0. The summed E-state index contributed by atoms with van der Waals surface area (Å²) in [5, 5.41) is 0. The Labute approximate surface area is 102 Å². The van der Waals surface area contributed by atoms with Crippen LogP contribution >= 0.6 is 15.9 Å². The first-order chi connectivity index (χ1) is 6.82. The van der Waals surface area contributed by atoms with Gasteiger partial charge < -0.3 is 0 Å². The molecule has 0 nitrogen and oxygen atoms in total. The van der Waals surface area contributed by atoms with Gasteiger partial charge in [-0.3, -0.25) is 0 Å². The molecule has 1 rings (SSSR count). The van der Waals surface area contributed by atoms with Crippen molar-refractivity contribution in [1.29, 1.82) is 0 Å². The molecule has 1 aromatic carbocycles. The molecule has 0 aliphatic carbocycles. The van der Waals surface area contributed by atoms with Crippen LogP contribution in [0.4, 0.5) is 0 Å². The van der Waals surface area contributed by atoms with Crippen LogP contribution in [-0.4, -0.2) is 0 Å². The Morgan fingerprint density at radius 2 is 1.33 bits per heavy atom. The lowest BCUT2D eigenvalue weighted by Crippen LogP contribution is -2.12. The number of hydrogen-bond donors (Lipinski definition) is 0. The highest BCUT2D eigenvalue weighted by molar-refractivity contribution is 9.09. The van der Waals surface area contributed by atoms with Crippen LogP contribution in [0.3, 0.4) is 0 Å². The van der Waals surface area contributed by atoms with Gasteiger partial charge in [0, 0.05) is 4.83 Å². The Morgan fingerprint density at radius 1 is 0.933 bits per heavy atom. The minimum Gasteiger partial charge on any atom is -0.0833 e. The van der Waals surface area contributed by atoms with Crippen LogP contribution < -0.4 is 0 Å². The molecule has 0 aromatic heterocycles. The summed E-state index contributed by atoms with van der Waals surface area (Å²) >= 11 is 3.77. The van der Waals surface area contributed by atoms with Crippen molar-refractivity contribution in [1.82, 2.24) is 0 Å². The van der Waals surface area contributed by atoms with Crippen LogP contribution in [-0.2, 0) is 0 Å². The minimum atomic E-state index is 0.263. The highest BCUT2D eigenvalue weighted by Gasteiger charge is 2.23. The molecule has 84 valence electrons. The van der Waals surface area contributed by atoms with Gasteiger partial charge in [0.15, 0.2) is 0 Å². The normalized spacial score (nSPS) is 14.3. The van der Waals surface area contributed by atoms with Gasteiger partial charge in [0.05, 0.1) is 0 Å². The zero-order valence-electron chi connectivity index (χ0n) is 10.3. The van der Waals surface area contributed by atoms with Crippen molar-refractivity contribution in [3.63, 3.8) is 0 Å². The SMILES string of the molecule is CC(C)c1ccc(C(Br)C(C)(C)C)cc1. The van der Waals surface area contributed by atoms with Crippen molar-refractivity contribution in [2.24, 2.45) is 5.41 Å². The van der Waals surface area contributed by atoms with Crippen LogP contribution in [0, 0.1) is 5.41 Å². The fourth-order valence-corrected chi connectivity index (χ4v) is 1.86. The molecule has 0 spiro atoms. The van der Waals surface area contributed by atoms with Crippen LogP contribution in [0.15, 0.2) is 24.3 Å². The van der Waals surface area contributed by atoms with E-state index in [0.717, 1.165) is 0 Å². The van der Waals surface area contributed by atoms with Crippen molar-refractivity contribution in [2.45, 2.75) is 45.4 Å². The third-order valence-corrected chi connectivity index (χ3v) is 4.56. The molecule has 1 aromatic rings. The van der Waals surface area contributed by atoms with Crippen molar-refractivity contribution >= 4 is 15.9 Å². The van der Waals surface area contributed by atoms with E-state index >= 15 is 0 Å². The smallest absolute Gasteiger partial charge is 0.0443 e. The van der Waals surface area contributed by atoms with Crippen LogP contribution in [0.2, 0.25) is 0 Å². The van der Waals surface area contributed by atoms with E-state index in [9.17, 15) is 0 Å². The molecule has 0 bridgehead atoms. The highest BCUT2D eigenvalue weighted by atomic mass is 79.9. The van der Waals surface area contributed by atoms with E-state index in [1.54, 1.807) is 0 Å². The number of hydrogen-bond acceptors (Lipinski definition) is 0. The first-order valence-corrected chi connectivity index (χ1v) is 6.48. The summed E-state index contributed by atoms with van der Waals surface area (Å²) in [4.78, 5) is 0.422. The van der Waals surface area contributed by atoms with Gasteiger partial charge in [0.1, 0.15) is 0 Å². The van der Waals surface area contributed by atoms with Crippen molar-refractivity contribution in [3.8, 4) is 0 Å². The third-order valence-electron chi connectivity index (χ3n) is 2.66. The zero-order chi connectivity index (χ0) is 11.6. The van der Waals surface area contributed by atoms with Crippen molar-refractivity contribution < 1.29 is 0 Å². The molecule has 0 saturated heterocycles. The average Bonchev–Trinajstić information content (AvgIpc) is 2.15. The average molecular weight is 269 g/mol. The molecule has 0 aliphatic rings. The third kappa shape index (κ3) is 3.34. The van der Waals surface area contributed by atoms with E-state index < -0.39 is 0 Å². The molecule has 1 unspecified atom stereocenters. The van der Waals surface area contributed by atoms with E-state index in [-0.39, 0.29) is 5.41 Å². The number of alkyl halides is 1. The van der Waals surface area contributed by atoms with Gasteiger partial charge in [0.25, 0.3) is 0 Å². The molecule has 0 heterocycles. The second-order valence-electron chi connectivity index (χ2n) is 5.55. The molecule has 0 N–H and O–H groups in total. The Hall–Kier alpha value is -0.300. The summed E-state index contributed by atoms with van der Waals surface area (Å²) in [7, 11) is 0.